The quantitative estimate of drug-likeness (QED) is 0.0150. The van der Waals surface area contributed by atoms with Crippen molar-refractivity contribution in [2.75, 3.05) is 70.1 Å². The first-order valence-electron chi connectivity index (χ1n) is 40.8. The number of aliphatic hydroxyl groups is 2. The maximum Gasteiger partial charge on any atom is 0.490 e. The lowest BCUT2D eigenvalue weighted by Gasteiger charge is -2.23. The van der Waals surface area contributed by atoms with Crippen LogP contribution in [0, 0.1) is 40.7 Å². The minimum Gasteiger partial charge on any atom is -0.485 e. The molecule has 15 aromatic heterocycles. The lowest BCUT2D eigenvalue weighted by Crippen LogP contribution is -2.34. The van der Waals surface area contributed by atoms with Crippen LogP contribution in [-0.2, 0) is 81.3 Å². The van der Waals surface area contributed by atoms with Crippen LogP contribution in [-0.4, -0.2) is 171 Å². The number of rotatable bonds is 23. The van der Waals surface area contributed by atoms with E-state index in [2.05, 4.69) is 113 Å². The van der Waals surface area contributed by atoms with Crippen LogP contribution in [0.25, 0.3) is 67.7 Å². The van der Waals surface area contributed by atoms with E-state index in [4.69, 9.17) is 81.8 Å². The second kappa shape index (κ2) is 52.4. The third kappa shape index (κ3) is 28.5. The molecule has 0 aromatic carbocycles. The maximum atomic E-state index is 13.9. The van der Waals surface area contributed by atoms with Crippen LogP contribution in [0.2, 0.25) is 0 Å². The number of methoxy groups -OCH3 is 7. The molecule has 36 nitrogen and oxygen atoms in total. The number of H-pyrrole nitrogens is 2. The summed E-state index contributed by atoms with van der Waals surface area (Å²) < 4.78 is 164. The summed E-state index contributed by atoms with van der Waals surface area (Å²) in [5.74, 6) is -1.54. The topological polar surface area (TPSA) is 452 Å². The summed E-state index contributed by atoms with van der Waals surface area (Å²) in [4.78, 5) is 96.1. The van der Waals surface area contributed by atoms with Gasteiger partial charge in [-0.05, 0) is 121 Å². The minimum atomic E-state index is -1.58. The van der Waals surface area contributed by atoms with E-state index in [0.29, 0.717) is 126 Å². The highest BCUT2D eigenvalue weighted by molar-refractivity contribution is 9.11. The lowest BCUT2D eigenvalue weighted by molar-refractivity contribution is -0.0404. The number of halogens is 10. The van der Waals surface area contributed by atoms with Gasteiger partial charge in [0, 0.05) is 143 Å². The van der Waals surface area contributed by atoms with Crippen molar-refractivity contribution in [1.29, 1.82) is 0 Å². The van der Waals surface area contributed by atoms with Gasteiger partial charge in [-0.2, -0.15) is 0 Å². The molecule has 0 amide bonds. The number of aliphatic hydroxyl groups excluding tert-OH is 2. The van der Waals surface area contributed by atoms with Crippen molar-refractivity contribution in [3.8, 4) is 108 Å². The molecule has 18 heterocycles. The summed E-state index contributed by atoms with van der Waals surface area (Å²) in [7, 11) is 9.05. The zero-order chi connectivity index (χ0) is 100. The fourth-order valence-corrected chi connectivity index (χ4v) is 14.0. The highest BCUT2D eigenvalue weighted by atomic mass is 79.9. The number of fused-ring (bicyclic) bond motifs is 9. The van der Waals surface area contributed by atoms with Gasteiger partial charge in [-0.3, -0.25) is 48.2 Å². The third-order valence-electron chi connectivity index (χ3n) is 19.2. The normalized spacial score (nSPS) is 11.2. The first-order valence-corrected chi connectivity index (χ1v) is 43.2. The standard InChI is InChI=1S/C16H9BrFN3O2.C16H10FN3O2.C14H14F2N2O3.C11H8F2N2O2.C11H7FN2O2.C9H14BNO5.C9H12BrNO3.C7H8BrNO2/c17-12-5-11-13(8-23-14-4-9(18)6-20-15(11)14)21(16(12)22)10-2-1-3-19-7-10;17-10-6-14-16(19-7-10)12-3-4-15(21)20(13(12)9-22-14)11-2-1-5-18-8-11;1-19-8-21-7-12-10(3-4-13(18-12)20-2)14-11(16)5-9(15)6-17-14;12-6-3-8(13)11(14-4-6)7-1-2-10(17)15-9(7)5-16;12-6-3-9-11(13-4-6)7-1-2-10(15)14-8(7)5-16-9;1-14-6-16-5-8-7(10(12)13)3-4-9(11-8)15-2;1-12-6-14-5-8-7(10)3-4-9(11-8)13-2;1-11-7-3-2-5(8)6(4-10)9-7/h1-7H,8H2;1-8H,9H2;3-6H,7-8H2,1-2H3;1-4,16H,5H2,(H,15,17);1-4H,5H2,(H,14,15);3-4,12-13H,5-6H2,1-2H3;3-4H,5-6H2,1-2H3;2-3,10H,4H2,1H3. The Balaban J connectivity index is 0.000000154. The Morgan fingerprint density at radius 1 is 0.400 bits per heavy atom. The average molecular weight is 2130 g/mol. The highest BCUT2D eigenvalue weighted by Crippen LogP contribution is 2.40. The summed E-state index contributed by atoms with van der Waals surface area (Å²) in [6.45, 7) is 1.01. The van der Waals surface area contributed by atoms with Gasteiger partial charge in [0.2, 0.25) is 34.6 Å². The van der Waals surface area contributed by atoms with Gasteiger partial charge in [0.05, 0.1) is 166 Å². The molecule has 0 unspecified atom stereocenters. The van der Waals surface area contributed by atoms with Crippen molar-refractivity contribution in [2.24, 2.45) is 0 Å². The minimum absolute atomic E-state index is 0.00238. The molecule has 15 aromatic rings. The smallest absolute Gasteiger partial charge is 0.485 e. The zero-order valence-electron chi connectivity index (χ0n) is 74.7. The number of hydrogen-bond donors (Lipinski definition) is 6. The van der Waals surface area contributed by atoms with E-state index >= 15 is 0 Å². The van der Waals surface area contributed by atoms with Crippen molar-refractivity contribution in [3.05, 3.63) is 342 Å². The van der Waals surface area contributed by atoms with Crippen LogP contribution in [0.15, 0.2) is 234 Å². The third-order valence-corrected chi connectivity index (χ3v) is 21.2. The van der Waals surface area contributed by atoms with E-state index in [1.165, 1.54) is 93.2 Å². The van der Waals surface area contributed by atoms with Crippen LogP contribution in [0.1, 0.15) is 45.6 Å². The number of aromatic nitrogens is 15. The Bertz CT molecular complexity index is 7030. The van der Waals surface area contributed by atoms with Gasteiger partial charge in [0.1, 0.15) is 115 Å². The van der Waals surface area contributed by atoms with Gasteiger partial charge in [-0.15, -0.1) is 0 Å². The Kier molecular flexibility index (Phi) is 39.7. The Morgan fingerprint density at radius 3 is 1.30 bits per heavy atom. The van der Waals surface area contributed by atoms with E-state index in [9.17, 15) is 49.9 Å². The van der Waals surface area contributed by atoms with Gasteiger partial charge < -0.3 is 91.8 Å². The van der Waals surface area contributed by atoms with E-state index in [1.54, 1.807) is 118 Å². The van der Waals surface area contributed by atoms with Gasteiger partial charge in [0.25, 0.3) is 11.1 Å². The second-order valence-electron chi connectivity index (χ2n) is 28.3. The molecule has 47 heteroatoms. The second-order valence-corrected chi connectivity index (χ2v) is 30.9. The van der Waals surface area contributed by atoms with Crippen molar-refractivity contribution < 1.29 is 113 Å². The summed E-state index contributed by atoms with van der Waals surface area (Å²) in [6, 6.07) is 36.3. The Labute approximate surface area is 815 Å². The van der Waals surface area contributed by atoms with E-state index in [0.717, 1.165) is 68.4 Å². The molecule has 0 radical (unpaired) electrons. The predicted molar refractivity (Wildman–Crippen MR) is 501 cm³/mol. The first kappa shape index (κ1) is 106. The molecule has 3 aliphatic heterocycles. The zero-order valence-corrected chi connectivity index (χ0v) is 79.5. The molecule has 140 heavy (non-hydrogen) atoms. The van der Waals surface area contributed by atoms with Crippen molar-refractivity contribution in [2.45, 2.75) is 52.9 Å². The predicted octanol–water partition coefficient (Wildman–Crippen LogP) is 12.8. The van der Waals surface area contributed by atoms with Crippen LogP contribution in [0.5, 0.6) is 40.8 Å². The van der Waals surface area contributed by atoms with Gasteiger partial charge in [-0.25, -0.2) is 65.6 Å². The molecule has 0 atom stereocenters. The summed E-state index contributed by atoms with van der Waals surface area (Å²) in [5.41, 5.74) is 9.27. The van der Waals surface area contributed by atoms with Gasteiger partial charge >= 0.3 is 7.12 Å². The summed E-state index contributed by atoms with van der Waals surface area (Å²) in [6.07, 6.45) is 11.7. The van der Waals surface area contributed by atoms with Gasteiger partial charge in [-0.1, -0.05) is 6.07 Å². The maximum absolute atomic E-state index is 13.9. The van der Waals surface area contributed by atoms with Crippen LogP contribution in [0.3, 0.4) is 0 Å². The van der Waals surface area contributed by atoms with Crippen LogP contribution < -0.4 is 60.9 Å². The molecular formula is C93H82BBr3F7N15O21. The summed E-state index contributed by atoms with van der Waals surface area (Å²) in [5, 5.41) is 36.1. The molecule has 18 rings (SSSR count). The molecular weight excluding hydrogens is 2050 g/mol. The fraction of sp³-hybridized carbons (Fsp3) is 0.194. The Hall–Kier alpha value is -14.3. The SMILES string of the molecule is COCOCc1nc(OC)ccc1-c1ncc(F)cc1F.COCOCc1nc(OC)ccc1B(O)O.COCOCc1nc(OC)ccc1Br.COc1ccc(Br)c(CO)n1.O=c1c(Br)cc2c(n1-c1cccnc1)COc1cc(F)cnc1-2.O=c1ccc(-c2ncc(F)cc2F)c(CO)[nH]1.O=c1ccc2c([nH]1)COc1cc(F)cnc1-2.O=c1ccc2c(n1-c1cccnc1)COc1cc(F)cnc1-2. The number of hydrogen-bond acceptors (Lipinski definition) is 32. The number of ether oxygens (including phenoxy) is 13. The largest absolute Gasteiger partial charge is 0.490 e. The van der Waals surface area contributed by atoms with E-state index < -0.39 is 60.0 Å². The number of nitrogens with one attached hydrogen (secondary N) is 2. The molecule has 0 spiro atoms. The Morgan fingerprint density at radius 2 is 0.807 bits per heavy atom. The van der Waals surface area contributed by atoms with Crippen molar-refractivity contribution >= 4 is 60.4 Å². The molecule has 728 valence electrons. The van der Waals surface area contributed by atoms with Crippen LogP contribution >= 0.6 is 47.8 Å². The molecule has 0 aliphatic carbocycles. The fourth-order valence-electron chi connectivity index (χ4n) is 12.9. The van der Waals surface area contributed by atoms with Gasteiger partial charge in [0.15, 0.2) is 11.6 Å². The monoisotopic (exact) mass is 2130 g/mol. The molecule has 3 aliphatic rings. The number of pyridine rings is 15. The van der Waals surface area contributed by atoms with E-state index in [1.807, 2.05) is 6.07 Å². The lowest BCUT2D eigenvalue weighted by atomic mass is 9.79. The molecule has 0 saturated heterocycles. The number of nitrogens with zero attached hydrogens (tertiary/aromatic N) is 13. The highest BCUT2D eigenvalue weighted by Gasteiger charge is 2.28. The molecule has 0 bridgehead atoms. The number of aromatic amines is 2. The van der Waals surface area contributed by atoms with Crippen molar-refractivity contribution in [3.63, 3.8) is 0 Å². The first-order chi connectivity index (χ1) is 67.6. The molecule has 6 N–H and O–H groups in total. The molecule has 0 fully saturated rings. The average Bonchev–Trinajstić information content (AvgIpc) is 0.756. The summed E-state index contributed by atoms with van der Waals surface area (Å²) >= 11 is 9.91. The molecule has 0 saturated carbocycles. The van der Waals surface area contributed by atoms with Crippen LogP contribution in [0.4, 0.5) is 30.7 Å². The van der Waals surface area contributed by atoms with E-state index in [-0.39, 0.29) is 105 Å². The van der Waals surface area contributed by atoms with Crippen molar-refractivity contribution in [1.82, 2.24) is 73.9 Å².